The van der Waals surface area contributed by atoms with E-state index in [-0.39, 0.29) is 5.91 Å². The second-order valence-electron chi connectivity index (χ2n) is 5.90. The van der Waals surface area contributed by atoms with E-state index in [1.807, 2.05) is 41.3 Å². The maximum Gasteiger partial charge on any atom is 0.270 e. The van der Waals surface area contributed by atoms with Crippen molar-refractivity contribution in [3.05, 3.63) is 59.5 Å². The van der Waals surface area contributed by atoms with Crippen molar-refractivity contribution in [3.8, 4) is 0 Å². The smallest absolute Gasteiger partial charge is 0.270 e. The fraction of sp³-hybridized carbons (Fsp3) is 0.222. The van der Waals surface area contributed by atoms with Crippen molar-refractivity contribution >= 4 is 34.1 Å². The molecule has 1 saturated heterocycles. The van der Waals surface area contributed by atoms with E-state index in [4.69, 9.17) is 11.6 Å². The number of amides is 1. The quantitative estimate of drug-likeness (QED) is 0.779. The topological polar surface area (TPSA) is 52.2 Å². The van der Waals surface area contributed by atoms with Gasteiger partial charge in [-0.05, 0) is 36.4 Å². The van der Waals surface area contributed by atoms with Crippen LogP contribution in [-0.2, 0) is 0 Å². The van der Waals surface area contributed by atoms with Gasteiger partial charge in [0, 0.05) is 60.2 Å². The number of nitrogens with one attached hydrogen (secondary N) is 1. The number of anilines is 1. The highest BCUT2D eigenvalue weighted by molar-refractivity contribution is 6.31. The molecule has 1 amide bonds. The summed E-state index contributed by atoms with van der Waals surface area (Å²) in [6.45, 7) is 3.05. The number of fused-ring (bicyclic) bond motifs is 1. The molecule has 5 nitrogen and oxygen atoms in total. The average Bonchev–Trinajstić information content (AvgIpc) is 3.05. The maximum absolute atomic E-state index is 12.7. The molecule has 0 saturated carbocycles. The van der Waals surface area contributed by atoms with Crippen LogP contribution in [0.2, 0.25) is 5.02 Å². The number of benzene rings is 1. The fourth-order valence-electron chi connectivity index (χ4n) is 3.11. The normalized spacial score (nSPS) is 15.0. The lowest BCUT2D eigenvalue weighted by atomic mass is 10.2. The number of H-pyrrole nitrogens is 1. The summed E-state index contributed by atoms with van der Waals surface area (Å²) in [6.07, 6.45) is 3.59. The Labute approximate surface area is 144 Å². The molecule has 3 aromatic rings. The highest BCUT2D eigenvalue weighted by atomic mass is 35.5. The molecule has 1 aliphatic rings. The molecule has 4 rings (SSSR count). The Morgan fingerprint density at radius 3 is 2.54 bits per heavy atom. The number of aromatic nitrogens is 2. The van der Waals surface area contributed by atoms with Crippen LogP contribution in [0.1, 0.15) is 10.5 Å². The Morgan fingerprint density at radius 2 is 1.79 bits per heavy atom. The summed E-state index contributed by atoms with van der Waals surface area (Å²) >= 11 is 6.01. The lowest BCUT2D eigenvalue weighted by molar-refractivity contribution is 0.0742. The minimum absolute atomic E-state index is 0.0386. The van der Waals surface area contributed by atoms with E-state index in [2.05, 4.69) is 14.9 Å². The summed E-state index contributed by atoms with van der Waals surface area (Å²) in [5, 5.41) is 1.63. The Balaban J connectivity index is 1.47. The minimum atomic E-state index is 0.0386. The van der Waals surface area contributed by atoms with E-state index >= 15 is 0 Å². The second-order valence-corrected chi connectivity index (χ2v) is 6.34. The van der Waals surface area contributed by atoms with Gasteiger partial charge in [0.05, 0.1) is 0 Å². The van der Waals surface area contributed by atoms with Crippen molar-refractivity contribution in [2.24, 2.45) is 0 Å². The predicted octanol–water partition coefficient (Wildman–Crippen LogP) is 3.18. The monoisotopic (exact) mass is 340 g/mol. The molecule has 1 fully saturated rings. The van der Waals surface area contributed by atoms with Gasteiger partial charge in [-0.2, -0.15) is 0 Å². The largest absolute Gasteiger partial charge is 0.368 e. The lowest BCUT2D eigenvalue weighted by Crippen LogP contribution is -2.48. The summed E-state index contributed by atoms with van der Waals surface area (Å²) in [6, 6.07) is 11.5. The van der Waals surface area contributed by atoms with Crippen molar-refractivity contribution in [1.82, 2.24) is 14.9 Å². The molecule has 0 spiro atoms. The van der Waals surface area contributed by atoms with Crippen LogP contribution in [0, 0.1) is 0 Å². The van der Waals surface area contributed by atoms with E-state index in [0.717, 1.165) is 29.7 Å². The van der Waals surface area contributed by atoms with Gasteiger partial charge in [-0.1, -0.05) is 11.6 Å². The first kappa shape index (κ1) is 15.0. The average molecular weight is 341 g/mol. The molecule has 1 aliphatic heterocycles. The van der Waals surface area contributed by atoms with Gasteiger partial charge < -0.3 is 14.8 Å². The molecule has 0 aliphatic carbocycles. The molecule has 6 heteroatoms. The molecular weight excluding hydrogens is 324 g/mol. The van der Waals surface area contributed by atoms with Crippen molar-refractivity contribution in [1.29, 1.82) is 0 Å². The zero-order chi connectivity index (χ0) is 16.5. The van der Waals surface area contributed by atoms with Crippen LogP contribution in [0.15, 0.2) is 48.8 Å². The highest BCUT2D eigenvalue weighted by Crippen LogP contribution is 2.22. The third-order valence-corrected chi connectivity index (χ3v) is 4.64. The highest BCUT2D eigenvalue weighted by Gasteiger charge is 2.23. The SMILES string of the molecule is O=C(c1cc2cc(Cl)ccc2[nH]1)N1CCN(c2ccncc2)CC1. The number of halogens is 1. The van der Waals surface area contributed by atoms with E-state index < -0.39 is 0 Å². The van der Waals surface area contributed by atoms with E-state index in [9.17, 15) is 4.79 Å². The molecule has 24 heavy (non-hydrogen) atoms. The molecule has 0 radical (unpaired) electrons. The maximum atomic E-state index is 12.7. The second kappa shape index (κ2) is 6.17. The summed E-state index contributed by atoms with van der Waals surface area (Å²) in [5.74, 6) is 0.0386. The Morgan fingerprint density at radius 1 is 1.04 bits per heavy atom. The van der Waals surface area contributed by atoms with Gasteiger partial charge in [0.1, 0.15) is 5.69 Å². The number of nitrogens with zero attached hydrogens (tertiary/aromatic N) is 3. The van der Waals surface area contributed by atoms with Gasteiger partial charge in [0.15, 0.2) is 0 Å². The summed E-state index contributed by atoms with van der Waals surface area (Å²) in [4.78, 5) is 24.1. The number of carbonyl (C=O) groups excluding carboxylic acids is 1. The number of rotatable bonds is 2. The zero-order valence-electron chi connectivity index (χ0n) is 13.1. The van der Waals surface area contributed by atoms with Crippen molar-refractivity contribution in [2.45, 2.75) is 0 Å². The van der Waals surface area contributed by atoms with Gasteiger partial charge in [-0.3, -0.25) is 9.78 Å². The van der Waals surface area contributed by atoms with Gasteiger partial charge in [0.25, 0.3) is 5.91 Å². The summed E-state index contributed by atoms with van der Waals surface area (Å²) in [7, 11) is 0. The van der Waals surface area contributed by atoms with Crippen LogP contribution in [0.3, 0.4) is 0 Å². The molecule has 1 N–H and O–H groups in total. The van der Waals surface area contributed by atoms with Crippen molar-refractivity contribution in [3.63, 3.8) is 0 Å². The van der Waals surface area contributed by atoms with Crippen molar-refractivity contribution in [2.75, 3.05) is 31.1 Å². The number of hydrogen-bond donors (Lipinski definition) is 1. The van der Waals surface area contributed by atoms with Gasteiger partial charge >= 0.3 is 0 Å². The van der Waals surface area contributed by atoms with Crippen LogP contribution in [0.25, 0.3) is 10.9 Å². The molecule has 3 heterocycles. The molecule has 2 aromatic heterocycles. The molecule has 0 bridgehead atoms. The molecule has 0 unspecified atom stereocenters. The molecule has 1 aromatic carbocycles. The van der Waals surface area contributed by atoms with E-state index in [1.165, 1.54) is 0 Å². The third kappa shape index (κ3) is 2.83. The number of piperazine rings is 1. The van der Waals surface area contributed by atoms with Gasteiger partial charge in [-0.15, -0.1) is 0 Å². The molecule has 122 valence electrons. The summed E-state index contributed by atoms with van der Waals surface area (Å²) < 4.78 is 0. The van der Waals surface area contributed by atoms with Crippen LogP contribution in [-0.4, -0.2) is 47.0 Å². The Hall–Kier alpha value is -2.53. The number of carbonyl (C=O) groups is 1. The van der Waals surface area contributed by atoms with Crippen LogP contribution in [0.4, 0.5) is 5.69 Å². The number of aromatic amines is 1. The number of hydrogen-bond acceptors (Lipinski definition) is 3. The first-order chi connectivity index (χ1) is 11.7. The molecular formula is C18H17ClN4O. The van der Waals surface area contributed by atoms with Crippen LogP contribution >= 0.6 is 11.6 Å². The molecule has 0 atom stereocenters. The lowest BCUT2D eigenvalue weighted by Gasteiger charge is -2.35. The number of pyridine rings is 1. The van der Waals surface area contributed by atoms with Crippen LogP contribution < -0.4 is 4.90 Å². The standard InChI is InChI=1S/C18H17ClN4O/c19-14-1-2-16-13(11-14)12-17(21-16)18(24)23-9-7-22(8-10-23)15-3-5-20-6-4-15/h1-6,11-12,21H,7-10H2. The first-order valence-electron chi connectivity index (χ1n) is 7.93. The first-order valence-corrected chi connectivity index (χ1v) is 8.31. The predicted molar refractivity (Wildman–Crippen MR) is 95.7 cm³/mol. The third-order valence-electron chi connectivity index (χ3n) is 4.41. The van der Waals surface area contributed by atoms with E-state index in [1.54, 1.807) is 12.4 Å². The van der Waals surface area contributed by atoms with Crippen LogP contribution in [0.5, 0.6) is 0 Å². The van der Waals surface area contributed by atoms with E-state index in [0.29, 0.717) is 23.8 Å². The van der Waals surface area contributed by atoms with Gasteiger partial charge in [0.2, 0.25) is 0 Å². The minimum Gasteiger partial charge on any atom is -0.368 e. The summed E-state index contributed by atoms with van der Waals surface area (Å²) in [5.41, 5.74) is 2.69. The Kier molecular flexibility index (Phi) is 3.86. The zero-order valence-corrected chi connectivity index (χ0v) is 13.8. The van der Waals surface area contributed by atoms with Gasteiger partial charge in [-0.25, -0.2) is 0 Å². The Bertz CT molecular complexity index is 869. The van der Waals surface area contributed by atoms with Crippen molar-refractivity contribution < 1.29 is 4.79 Å². The fourth-order valence-corrected chi connectivity index (χ4v) is 3.29.